The molecule has 2 rings (SSSR count). The molecule has 2 aromatic rings. The fourth-order valence-electron chi connectivity index (χ4n) is 1.95. The number of nitrogen functional groups attached to an aromatic ring is 1. The van der Waals surface area contributed by atoms with Gasteiger partial charge in [0, 0.05) is 21.2 Å². The molecule has 0 fully saturated rings. The van der Waals surface area contributed by atoms with Gasteiger partial charge < -0.3 is 10.5 Å². The average molecular weight is 330 g/mol. The van der Waals surface area contributed by atoms with E-state index >= 15 is 0 Å². The van der Waals surface area contributed by atoms with Gasteiger partial charge in [0.05, 0.1) is 11.6 Å². The lowest BCUT2D eigenvalue weighted by Crippen LogP contribution is -2.03. The molecule has 0 saturated heterocycles. The first-order valence-electron chi connectivity index (χ1n) is 5.97. The molecule has 0 saturated carbocycles. The third kappa shape index (κ3) is 2.77. The molecular weight excluding hydrogens is 317 g/mol. The second-order valence-corrected chi connectivity index (χ2v) is 6.04. The standard InChI is InChI=1S/C14H13Cl2NO2S/c1-3-19-14(18)12-7(2)11(13(17)20-12)9-5-4-8(15)6-10(9)16/h4-6H,3,17H2,1-2H3. The number of carbonyl (C=O) groups excluding carboxylic acids is 1. The monoisotopic (exact) mass is 329 g/mol. The third-order valence-electron chi connectivity index (χ3n) is 2.84. The minimum absolute atomic E-state index is 0.327. The van der Waals surface area contributed by atoms with Crippen LogP contribution in [-0.4, -0.2) is 12.6 Å². The van der Waals surface area contributed by atoms with Crippen LogP contribution in [0.1, 0.15) is 22.2 Å². The van der Waals surface area contributed by atoms with Crippen LogP contribution in [0.4, 0.5) is 5.00 Å². The summed E-state index contributed by atoms with van der Waals surface area (Å²) in [6.07, 6.45) is 0. The van der Waals surface area contributed by atoms with Crippen molar-refractivity contribution in [3.05, 3.63) is 38.7 Å². The molecule has 0 unspecified atom stereocenters. The van der Waals surface area contributed by atoms with E-state index in [0.29, 0.717) is 26.5 Å². The lowest BCUT2D eigenvalue weighted by atomic mass is 10.0. The van der Waals surface area contributed by atoms with Gasteiger partial charge in [0.2, 0.25) is 0 Å². The van der Waals surface area contributed by atoms with Gasteiger partial charge >= 0.3 is 5.97 Å². The highest BCUT2D eigenvalue weighted by atomic mass is 35.5. The molecule has 0 radical (unpaired) electrons. The minimum atomic E-state index is -0.363. The fraction of sp³-hybridized carbons (Fsp3) is 0.214. The first kappa shape index (κ1) is 15.2. The molecule has 0 bridgehead atoms. The van der Waals surface area contributed by atoms with Gasteiger partial charge in [0.15, 0.2) is 0 Å². The maximum absolute atomic E-state index is 11.9. The second kappa shape index (κ2) is 6.04. The van der Waals surface area contributed by atoms with E-state index in [1.165, 1.54) is 11.3 Å². The summed E-state index contributed by atoms with van der Waals surface area (Å²) in [7, 11) is 0. The summed E-state index contributed by atoms with van der Waals surface area (Å²) in [6.45, 7) is 3.92. The molecule has 0 aliphatic rings. The SMILES string of the molecule is CCOC(=O)c1sc(N)c(-c2ccc(Cl)cc2Cl)c1C. The Labute approximate surface area is 131 Å². The van der Waals surface area contributed by atoms with Gasteiger partial charge in [-0.3, -0.25) is 0 Å². The molecule has 0 aliphatic carbocycles. The van der Waals surface area contributed by atoms with Crippen molar-refractivity contribution in [1.82, 2.24) is 0 Å². The molecule has 6 heteroatoms. The van der Waals surface area contributed by atoms with Crippen LogP contribution in [0.3, 0.4) is 0 Å². The first-order valence-corrected chi connectivity index (χ1v) is 7.54. The molecule has 2 N–H and O–H groups in total. The number of thiophene rings is 1. The highest BCUT2D eigenvalue weighted by Gasteiger charge is 2.21. The summed E-state index contributed by atoms with van der Waals surface area (Å²) >= 11 is 13.3. The number of hydrogen-bond acceptors (Lipinski definition) is 4. The molecule has 0 aliphatic heterocycles. The Kier molecular flexibility index (Phi) is 4.58. The fourth-order valence-corrected chi connectivity index (χ4v) is 3.44. The predicted octanol–water partition coefficient (Wildman–Crippen LogP) is 4.79. The summed E-state index contributed by atoms with van der Waals surface area (Å²) in [5, 5.41) is 1.59. The van der Waals surface area contributed by atoms with E-state index in [1.54, 1.807) is 25.1 Å². The predicted molar refractivity (Wildman–Crippen MR) is 84.9 cm³/mol. The van der Waals surface area contributed by atoms with Gasteiger partial charge in [0.1, 0.15) is 4.88 Å². The number of halogens is 2. The number of carbonyl (C=O) groups is 1. The smallest absolute Gasteiger partial charge is 0.348 e. The van der Waals surface area contributed by atoms with Gasteiger partial charge in [-0.05, 0) is 31.5 Å². The zero-order chi connectivity index (χ0) is 14.9. The molecule has 20 heavy (non-hydrogen) atoms. The topological polar surface area (TPSA) is 52.3 Å². The van der Waals surface area contributed by atoms with Gasteiger partial charge in [0.25, 0.3) is 0 Å². The van der Waals surface area contributed by atoms with Gasteiger partial charge in [-0.15, -0.1) is 11.3 Å². The third-order valence-corrected chi connectivity index (χ3v) is 4.48. The van der Waals surface area contributed by atoms with Crippen molar-refractivity contribution in [2.24, 2.45) is 0 Å². The highest BCUT2D eigenvalue weighted by Crippen LogP contribution is 2.42. The molecule has 106 valence electrons. The van der Waals surface area contributed by atoms with Crippen LogP contribution < -0.4 is 5.73 Å². The van der Waals surface area contributed by atoms with E-state index in [4.69, 9.17) is 33.7 Å². The zero-order valence-corrected chi connectivity index (χ0v) is 13.3. The van der Waals surface area contributed by atoms with E-state index in [-0.39, 0.29) is 5.97 Å². The quantitative estimate of drug-likeness (QED) is 0.823. The van der Waals surface area contributed by atoms with Crippen molar-refractivity contribution in [1.29, 1.82) is 0 Å². The molecule has 1 aromatic heterocycles. The minimum Gasteiger partial charge on any atom is -0.462 e. The summed E-state index contributed by atoms with van der Waals surface area (Å²) in [6, 6.07) is 5.19. The molecule has 0 atom stereocenters. The molecule has 3 nitrogen and oxygen atoms in total. The van der Waals surface area contributed by atoms with Gasteiger partial charge in [-0.1, -0.05) is 29.3 Å². The van der Waals surface area contributed by atoms with Crippen molar-refractivity contribution in [2.75, 3.05) is 12.3 Å². The molecular formula is C14H13Cl2NO2S. The summed E-state index contributed by atoms with van der Waals surface area (Å²) in [5.41, 5.74) is 8.33. The number of nitrogens with two attached hydrogens (primary N) is 1. The van der Waals surface area contributed by atoms with Gasteiger partial charge in [-0.2, -0.15) is 0 Å². The van der Waals surface area contributed by atoms with Crippen molar-refractivity contribution in [3.8, 4) is 11.1 Å². The summed E-state index contributed by atoms with van der Waals surface area (Å²) < 4.78 is 5.02. The Balaban J connectivity index is 2.55. The van der Waals surface area contributed by atoms with Crippen LogP contribution in [0.5, 0.6) is 0 Å². The van der Waals surface area contributed by atoms with Crippen molar-refractivity contribution >= 4 is 45.5 Å². The Morgan fingerprint density at radius 1 is 1.40 bits per heavy atom. The van der Waals surface area contributed by atoms with Crippen LogP contribution in [-0.2, 0) is 4.74 Å². The zero-order valence-electron chi connectivity index (χ0n) is 11.0. The van der Waals surface area contributed by atoms with Gasteiger partial charge in [-0.25, -0.2) is 4.79 Å². The normalized spacial score (nSPS) is 10.6. The van der Waals surface area contributed by atoms with E-state index in [2.05, 4.69) is 0 Å². The van der Waals surface area contributed by atoms with E-state index in [9.17, 15) is 4.79 Å². The van der Waals surface area contributed by atoms with Crippen molar-refractivity contribution in [3.63, 3.8) is 0 Å². The lowest BCUT2D eigenvalue weighted by molar-refractivity contribution is 0.0531. The Morgan fingerprint density at radius 2 is 2.10 bits per heavy atom. The summed E-state index contributed by atoms with van der Waals surface area (Å²) in [5.74, 6) is -0.363. The maximum Gasteiger partial charge on any atom is 0.348 e. The molecule has 0 amide bonds. The number of rotatable bonds is 3. The summed E-state index contributed by atoms with van der Waals surface area (Å²) in [4.78, 5) is 12.4. The van der Waals surface area contributed by atoms with Crippen LogP contribution in [0, 0.1) is 6.92 Å². The van der Waals surface area contributed by atoms with Crippen LogP contribution in [0.25, 0.3) is 11.1 Å². The molecule has 1 heterocycles. The molecule has 0 spiro atoms. The van der Waals surface area contributed by atoms with Crippen LogP contribution >= 0.6 is 34.5 Å². The van der Waals surface area contributed by atoms with E-state index in [1.807, 2.05) is 6.92 Å². The van der Waals surface area contributed by atoms with Crippen LogP contribution in [0.15, 0.2) is 18.2 Å². The van der Waals surface area contributed by atoms with Crippen molar-refractivity contribution < 1.29 is 9.53 Å². The second-order valence-electron chi connectivity index (χ2n) is 4.14. The number of esters is 1. The van der Waals surface area contributed by atoms with E-state index in [0.717, 1.165) is 16.7 Å². The number of hydrogen-bond donors (Lipinski definition) is 1. The Bertz CT molecular complexity index is 667. The number of ether oxygens (including phenoxy) is 1. The largest absolute Gasteiger partial charge is 0.462 e. The first-order chi connectivity index (χ1) is 9.45. The Morgan fingerprint density at radius 3 is 2.70 bits per heavy atom. The lowest BCUT2D eigenvalue weighted by Gasteiger charge is -2.06. The number of anilines is 1. The average Bonchev–Trinajstić information content (AvgIpc) is 2.66. The highest BCUT2D eigenvalue weighted by molar-refractivity contribution is 7.18. The van der Waals surface area contributed by atoms with Crippen LogP contribution in [0.2, 0.25) is 10.0 Å². The van der Waals surface area contributed by atoms with E-state index < -0.39 is 0 Å². The van der Waals surface area contributed by atoms with Crippen molar-refractivity contribution in [2.45, 2.75) is 13.8 Å². The maximum atomic E-state index is 11.9. The molecule has 1 aromatic carbocycles. The number of benzene rings is 1. The Hall–Kier alpha value is -1.23.